The minimum Gasteiger partial charge on any atom is -0.422 e. The third-order valence-electron chi connectivity index (χ3n) is 5.14. The number of thiophene rings is 1. The predicted octanol–water partition coefficient (Wildman–Crippen LogP) is 4.80. The number of nitro groups is 1. The van der Waals surface area contributed by atoms with Crippen LogP contribution in [0.4, 0.5) is 5.69 Å². The van der Waals surface area contributed by atoms with Gasteiger partial charge in [0, 0.05) is 28.1 Å². The summed E-state index contributed by atoms with van der Waals surface area (Å²) in [6.45, 7) is 0. The van der Waals surface area contributed by atoms with Crippen molar-refractivity contribution in [3.63, 3.8) is 0 Å². The molecular formula is C28H20N4O6S. The van der Waals surface area contributed by atoms with E-state index in [0.29, 0.717) is 10.4 Å². The number of rotatable bonds is 9. The first-order chi connectivity index (χ1) is 18.9. The largest absolute Gasteiger partial charge is 0.422 e. The van der Waals surface area contributed by atoms with Crippen molar-refractivity contribution in [2.45, 2.75) is 0 Å². The van der Waals surface area contributed by atoms with Crippen molar-refractivity contribution in [3.05, 3.63) is 134 Å². The summed E-state index contributed by atoms with van der Waals surface area (Å²) in [6, 6.07) is 23.8. The van der Waals surface area contributed by atoms with E-state index in [2.05, 4.69) is 15.8 Å². The summed E-state index contributed by atoms with van der Waals surface area (Å²) in [5, 5.41) is 19.6. The standard InChI is InChI=1S/C28H20N4O6S/c33-26(19-8-3-1-4-9-19)30-24(17-23-12-7-15-39-23)27(34)31-29-18-21-16-22(32(36)37)13-14-25(21)38-28(35)20-10-5-2-6-11-20/h1-18H,(H,30,33)(H,31,34). The van der Waals surface area contributed by atoms with Gasteiger partial charge in [0.1, 0.15) is 11.4 Å². The Balaban J connectivity index is 1.55. The number of nitrogens with zero attached hydrogens (tertiary/aromatic N) is 2. The van der Waals surface area contributed by atoms with Crippen LogP contribution >= 0.6 is 11.3 Å². The highest BCUT2D eigenvalue weighted by molar-refractivity contribution is 7.10. The summed E-state index contributed by atoms with van der Waals surface area (Å²) < 4.78 is 5.41. The van der Waals surface area contributed by atoms with E-state index in [9.17, 15) is 24.5 Å². The Hall–Kier alpha value is -5.42. The molecule has 4 rings (SSSR count). The van der Waals surface area contributed by atoms with Crippen molar-refractivity contribution >= 4 is 47.1 Å². The molecular weight excluding hydrogens is 520 g/mol. The fourth-order valence-corrected chi connectivity index (χ4v) is 3.91. The minimum atomic E-state index is -0.739. The number of nitro benzene ring substituents is 1. The van der Waals surface area contributed by atoms with Crippen molar-refractivity contribution in [3.8, 4) is 5.75 Å². The molecule has 2 amide bonds. The highest BCUT2D eigenvalue weighted by atomic mass is 32.1. The second-order valence-electron chi connectivity index (χ2n) is 7.83. The van der Waals surface area contributed by atoms with Gasteiger partial charge < -0.3 is 10.1 Å². The van der Waals surface area contributed by atoms with E-state index >= 15 is 0 Å². The lowest BCUT2D eigenvalue weighted by molar-refractivity contribution is -0.384. The molecule has 194 valence electrons. The Morgan fingerprint density at radius 1 is 0.897 bits per heavy atom. The number of ether oxygens (including phenoxy) is 1. The summed E-state index contributed by atoms with van der Waals surface area (Å²) in [4.78, 5) is 49.5. The highest BCUT2D eigenvalue weighted by Crippen LogP contribution is 2.24. The topological polar surface area (TPSA) is 140 Å². The lowest BCUT2D eigenvalue weighted by atomic mass is 10.2. The van der Waals surface area contributed by atoms with Crippen LogP contribution in [-0.4, -0.2) is 28.9 Å². The third kappa shape index (κ3) is 7.31. The minimum absolute atomic E-state index is 0.000756. The van der Waals surface area contributed by atoms with E-state index in [1.807, 2.05) is 5.38 Å². The van der Waals surface area contributed by atoms with Gasteiger partial charge in [-0.25, -0.2) is 10.2 Å². The van der Waals surface area contributed by atoms with E-state index in [-0.39, 0.29) is 28.3 Å². The molecule has 0 aliphatic rings. The van der Waals surface area contributed by atoms with Crippen molar-refractivity contribution < 1.29 is 24.0 Å². The molecule has 4 aromatic rings. The van der Waals surface area contributed by atoms with Gasteiger partial charge >= 0.3 is 5.97 Å². The molecule has 1 aromatic heterocycles. The number of non-ortho nitro benzene ring substituents is 1. The normalized spacial score (nSPS) is 11.1. The number of hydrogen-bond donors (Lipinski definition) is 2. The van der Waals surface area contributed by atoms with E-state index < -0.39 is 22.7 Å². The fourth-order valence-electron chi connectivity index (χ4n) is 3.26. The van der Waals surface area contributed by atoms with Crippen molar-refractivity contribution in [2.24, 2.45) is 5.10 Å². The Labute approximate surface area is 226 Å². The number of benzene rings is 3. The SMILES string of the molecule is O=C(NN=Cc1cc([N+](=O)[O-])ccc1OC(=O)c1ccccc1)C(=Cc1cccs1)NC(=O)c1ccccc1. The molecule has 11 heteroatoms. The maximum atomic E-state index is 13.0. The molecule has 1 heterocycles. The molecule has 0 aliphatic carbocycles. The van der Waals surface area contributed by atoms with E-state index in [1.165, 1.54) is 29.5 Å². The van der Waals surface area contributed by atoms with Crippen LogP contribution in [0.3, 0.4) is 0 Å². The van der Waals surface area contributed by atoms with E-state index in [0.717, 1.165) is 12.3 Å². The molecule has 3 aromatic carbocycles. The van der Waals surface area contributed by atoms with Crippen LogP contribution in [0.15, 0.2) is 107 Å². The average Bonchev–Trinajstić information content (AvgIpc) is 3.47. The molecule has 0 bridgehead atoms. The Kier molecular flexibility index (Phi) is 8.67. The van der Waals surface area contributed by atoms with Gasteiger partial charge in [-0.2, -0.15) is 5.10 Å². The van der Waals surface area contributed by atoms with Gasteiger partial charge in [-0.3, -0.25) is 19.7 Å². The van der Waals surface area contributed by atoms with Crippen molar-refractivity contribution in [2.75, 3.05) is 0 Å². The molecule has 2 N–H and O–H groups in total. The number of amides is 2. The average molecular weight is 541 g/mol. The number of carbonyl (C=O) groups excluding carboxylic acids is 3. The van der Waals surface area contributed by atoms with E-state index in [1.54, 1.807) is 72.8 Å². The van der Waals surface area contributed by atoms with Gasteiger partial charge in [0.25, 0.3) is 17.5 Å². The number of esters is 1. The summed E-state index contributed by atoms with van der Waals surface area (Å²) in [7, 11) is 0. The molecule has 0 saturated carbocycles. The first kappa shape index (κ1) is 26.6. The molecule has 0 saturated heterocycles. The molecule has 0 fully saturated rings. The Morgan fingerprint density at radius 2 is 1.59 bits per heavy atom. The number of nitrogens with one attached hydrogen (secondary N) is 2. The number of hydrogen-bond acceptors (Lipinski definition) is 8. The molecule has 39 heavy (non-hydrogen) atoms. The maximum Gasteiger partial charge on any atom is 0.343 e. The molecule has 0 radical (unpaired) electrons. The summed E-state index contributed by atoms with van der Waals surface area (Å²) in [6.07, 6.45) is 2.61. The predicted molar refractivity (Wildman–Crippen MR) is 146 cm³/mol. The van der Waals surface area contributed by atoms with Gasteiger partial charge in [0.15, 0.2) is 0 Å². The van der Waals surface area contributed by atoms with Gasteiger partial charge in [-0.05, 0) is 47.9 Å². The lowest BCUT2D eigenvalue weighted by Gasteiger charge is -2.09. The molecule has 0 unspecified atom stereocenters. The van der Waals surface area contributed by atoms with Crippen LogP contribution in [-0.2, 0) is 4.79 Å². The summed E-state index contributed by atoms with van der Waals surface area (Å²) in [5.41, 5.74) is 2.68. The van der Waals surface area contributed by atoms with Crippen LogP contribution < -0.4 is 15.5 Å². The van der Waals surface area contributed by atoms with Crippen LogP contribution in [0.5, 0.6) is 5.75 Å². The number of carbonyl (C=O) groups is 3. The second kappa shape index (κ2) is 12.7. The highest BCUT2D eigenvalue weighted by Gasteiger charge is 2.17. The zero-order valence-corrected chi connectivity index (χ0v) is 21.0. The zero-order chi connectivity index (χ0) is 27.6. The second-order valence-corrected chi connectivity index (χ2v) is 8.81. The van der Waals surface area contributed by atoms with Crippen LogP contribution in [0.2, 0.25) is 0 Å². The monoisotopic (exact) mass is 540 g/mol. The molecule has 0 spiro atoms. The van der Waals surface area contributed by atoms with Crippen LogP contribution in [0, 0.1) is 10.1 Å². The smallest absolute Gasteiger partial charge is 0.343 e. The van der Waals surface area contributed by atoms with Gasteiger partial charge in [0.2, 0.25) is 0 Å². The fraction of sp³-hybridized carbons (Fsp3) is 0. The maximum absolute atomic E-state index is 13.0. The molecule has 10 nitrogen and oxygen atoms in total. The number of hydrazone groups is 1. The van der Waals surface area contributed by atoms with Crippen molar-refractivity contribution in [1.29, 1.82) is 0 Å². The summed E-state index contributed by atoms with van der Waals surface area (Å²) in [5.74, 6) is -1.91. The quantitative estimate of drug-likeness (QED) is 0.0781. The Bertz CT molecular complexity index is 1550. The van der Waals surface area contributed by atoms with Gasteiger partial charge in [-0.15, -0.1) is 11.3 Å². The van der Waals surface area contributed by atoms with Gasteiger partial charge in [-0.1, -0.05) is 42.5 Å². The molecule has 0 atom stereocenters. The first-order valence-electron chi connectivity index (χ1n) is 11.4. The zero-order valence-electron chi connectivity index (χ0n) is 20.1. The van der Waals surface area contributed by atoms with Crippen LogP contribution in [0.1, 0.15) is 31.2 Å². The first-order valence-corrected chi connectivity index (χ1v) is 12.3. The lowest BCUT2D eigenvalue weighted by Crippen LogP contribution is -2.32. The van der Waals surface area contributed by atoms with E-state index in [4.69, 9.17) is 4.74 Å². The third-order valence-corrected chi connectivity index (χ3v) is 5.96. The van der Waals surface area contributed by atoms with Crippen molar-refractivity contribution in [1.82, 2.24) is 10.7 Å². The molecule has 0 aliphatic heterocycles. The Morgan fingerprint density at radius 3 is 2.23 bits per heavy atom. The van der Waals surface area contributed by atoms with Crippen LogP contribution in [0.25, 0.3) is 6.08 Å². The summed E-state index contributed by atoms with van der Waals surface area (Å²) >= 11 is 1.36. The van der Waals surface area contributed by atoms with Gasteiger partial charge in [0.05, 0.1) is 16.7 Å².